The molecule has 15 heavy (non-hydrogen) atoms. The van der Waals surface area contributed by atoms with Gasteiger partial charge in [0.05, 0.1) is 5.75 Å². The zero-order valence-electron chi connectivity index (χ0n) is 9.32. The Balaban J connectivity index is 3.06. The molecule has 0 aliphatic rings. The van der Waals surface area contributed by atoms with E-state index in [-0.39, 0.29) is 5.75 Å². The minimum atomic E-state index is -3.44. The Labute approximate surface area is 91.4 Å². The summed E-state index contributed by atoms with van der Waals surface area (Å²) in [4.78, 5) is 0. The third-order valence-corrected chi connectivity index (χ3v) is 3.49. The largest absolute Gasteiger partial charge is 0.229 e. The molecule has 0 amide bonds. The van der Waals surface area contributed by atoms with Crippen molar-refractivity contribution in [2.24, 2.45) is 5.14 Å². The quantitative estimate of drug-likeness (QED) is 0.852. The minimum absolute atomic E-state index is 0.0382. The van der Waals surface area contributed by atoms with E-state index in [0.29, 0.717) is 0 Å². The molecular formula is C11H17NO2S. The number of primary sulfonamides is 1. The number of nitrogens with two attached hydrogens (primary N) is 1. The number of hydrogen-bond acceptors (Lipinski definition) is 2. The predicted molar refractivity (Wildman–Crippen MR) is 62.2 cm³/mol. The first kappa shape index (κ1) is 12.2. The SMILES string of the molecule is Cc1cccc(C(C)(C)CS(N)(=O)=O)c1. The molecule has 0 spiro atoms. The summed E-state index contributed by atoms with van der Waals surface area (Å²) >= 11 is 0. The topological polar surface area (TPSA) is 60.2 Å². The Morgan fingerprint density at radius 3 is 2.40 bits per heavy atom. The molecule has 0 radical (unpaired) electrons. The zero-order valence-corrected chi connectivity index (χ0v) is 10.1. The third kappa shape index (κ3) is 3.64. The Bertz CT molecular complexity index is 449. The number of benzene rings is 1. The second kappa shape index (κ2) is 3.94. The first-order chi connectivity index (χ1) is 6.71. The van der Waals surface area contributed by atoms with E-state index in [1.807, 2.05) is 45.0 Å². The number of rotatable bonds is 3. The molecule has 4 heteroatoms. The third-order valence-electron chi connectivity index (χ3n) is 2.36. The molecule has 0 aliphatic carbocycles. The second-order valence-electron chi connectivity index (χ2n) is 4.56. The summed E-state index contributed by atoms with van der Waals surface area (Å²) in [5, 5.41) is 5.07. The molecule has 84 valence electrons. The molecule has 1 rings (SSSR count). The van der Waals surface area contributed by atoms with Gasteiger partial charge in [0.1, 0.15) is 0 Å². The fraction of sp³-hybridized carbons (Fsp3) is 0.455. The van der Waals surface area contributed by atoms with Crippen molar-refractivity contribution in [1.29, 1.82) is 0 Å². The van der Waals surface area contributed by atoms with Crippen molar-refractivity contribution in [2.45, 2.75) is 26.2 Å². The van der Waals surface area contributed by atoms with Gasteiger partial charge in [-0.2, -0.15) is 0 Å². The average Bonchev–Trinajstić information content (AvgIpc) is 1.99. The van der Waals surface area contributed by atoms with E-state index in [0.717, 1.165) is 11.1 Å². The molecule has 0 aromatic heterocycles. The van der Waals surface area contributed by atoms with Crippen molar-refractivity contribution < 1.29 is 8.42 Å². The fourth-order valence-electron chi connectivity index (χ4n) is 1.65. The van der Waals surface area contributed by atoms with Crippen LogP contribution in [0.2, 0.25) is 0 Å². The highest BCUT2D eigenvalue weighted by molar-refractivity contribution is 7.89. The van der Waals surface area contributed by atoms with Gasteiger partial charge >= 0.3 is 0 Å². The van der Waals surface area contributed by atoms with Gasteiger partial charge in [0.25, 0.3) is 0 Å². The molecule has 3 nitrogen and oxygen atoms in total. The van der Waals surface area contributed by atoms with Crippen LogP contribution in [0.25, 0.3) is 0 Å². The molecule has 0 aliphatic heterocycles. The van der Waals surface area contributed by atoms with E-state index in [9.17, 15) is 8.42 Å². The monoisotopic (exact) mass is 227 g/mol. The van der Waals surface area contributed by atoms with Crippen LogP contribution in [0.4, 0.5) is 0 Å². The molecule has 0 fully saturated rings. The maximum Gasteiger partial charge on any atom is 0.209 e. The van der Waals surface area contributed by atoms with Gasteiger partial charge in [-0.25, -0.2) is 13.6 Å². The van der Waals surface area contributed by atoms with E-state index >= 15 is 0 Å². The maximum absolute atomic E-state index is 11.1. The van der Waals surface area contributed by atoms with Crippen LogP contribution in [0, 0.1) is 6.92 Å². The van der Waals surface area contributed by atoms with E-state index < -0.39 is 15.4 Å². The lowest BCUT2D eigenvalue weighted by molar-refractivity contribution is 0.549. The van der Waals surface area contributed by atoms with Gasteiger partial charge in [-0.15, -0.1) is 0 Å². The van der Waals surface area contributed by atoms with Crippen LogP contribution in [0.5, 0.6) is 0 Å². The molecule has 0 heterocycles. The van der Waals surface area contributed by atoms with Crippen LogP contribution in [0.15, 0.2) is 24.3 Å². The van der Waals surface area contributed by atoms with Crippen LogP contribution in [-0.2, 0) is 15.4 Å². The molecule has 2 N–H and O–H groups in total. The standard InChI is InChI=1S/C11H17NO2S/c1-9-5-4-6-10(7-9)11(2,3)8-15(12,13)14/h4-7H,8H2,1-3H3,(H2,12,13,14). The van der Waals surface area contributed by atoms with Gasteiger partial charge in [-0.3, -0.25) is 0 Å². The van der Waals surface area contributed by atoms with Crippen molar-refractivity contribution in [3.05, 3.63) is 35.4 Å². The van der Waals surface area contributed by atoms with Gasteiger partial charge in [0.2, 0.25) is 10.0 Å². The molecule has 1 aromatic rings. The molecule has 1 aromatic carbocycles. The minimum Gasteiger partial charge on any atom is -0.229 e. The van der Waals surface area contributed by atoms with Gasteiger partial charge < -0.3 is 0 Å². The Morgan fingerprint density at radius 1 is 1.33 bits per heavy atom. The molecule has 0 saturated carbocycles. The van der Waals surface area contributed by atoms with Crippen molar-refractivity contribution in [1.82, 2.24) is 0 Å². The number of hydrogen-bond donors (Lipinski definition) is 1. The summed E-state index contributed by atoms with van der Waals surface area (Å²) in [5.74, 6) is -0.0382. The van der Waals surface area contributed by atoms with E-state index in [1.165, 1.54) is 0 Å². The lowest BCUT2D eigenvalue weighted by atomic mass is 9.86. The van der Waals surface area contributed by atoms with Crippen LogP contribution in [-0.4, -0.2) is 14.2 Å². The molecular weight excluding hydrogens is 210 g/mol. The fourth-order valence-corrected chi connectivity index (χ4v) is 2.82. The van der Waals surface area contributed by atoms with E-state index in [1.54, 1.807) is 0 Å². The van der Waals surface area contributed by atoms with Crippen LogP contribution >= 0.6 is 0 Å². The lowest BCUT2D eigenvalue weighted by Crippen LogP contribution is -2.32. The predicted octanol–water partition coefficient (Wildman–Crippen LogP) is 1.56. The summed E-state index contributed by atoms with van der Waals surface area (Å²) in [7, 11) is -3.44. The van der Waals surface area contributed by atoms with Crippen LogP contribution < -0.4 is 5.14 Å². The highest BCUT2D eigenvalue weighted by Crippen LogP contribution is 2.24. The van der Waals surface area contributed by atoms with E-state index in [2.05, 4.69) is 0 Å². The smallest absolute Gasteiger partial charge is 0.209 e. The summed E-state index contributed by atoms with van der Waals surface area (Å²) in [6.07, 6.45) is 0. The number of aryl methyl sites for hydroxylation is 1. The summed E-state index contributed by atoms with van der Waals surface area (Å²) in [5.41, 5.74) is 1.67. The van der Waals surface area contributed by atoms with Crippen LogP contribution in [0.1, 0.15) is 25.0 Å². The first-order valence-electron chi connectivity index (χ1n) is 4.78. The Kier molecular flexibility index (Phi) is 3.21. The Hall–Kier alpha value is -0.870. The van der Waals surface area contributed by atoms with Crippen molar-refractivity contribution in [3.8, 4) is 0 Å². The van der Waals surface area contributed by atoms with Gasteiger partial charge in [0.15, 0.2) is 0 Å². The summed E-state index contributed by atoms with van der Waals surface area (Å²) in [6, 6.07) is 7.83. The Morgan fingerprint density at radius 2 is 1.93 bits per heavy atom. The molecule has 0 atom stereocenters. The second-order valence-corrected chi connectivity index (χ2v) is 6.17. The maximum atomic E-state index is 11.1. The van der Waals surface area contributed by atoms with E-state index in [4.69, 9.17) is 5.14 Å². The van der Waals surface area contributed by atoms with Crippen molar-refractivity contribution >= 4 is 10.0 Å². The van der Waals surface area contributed by atoms with Gasteiger partial charge in [-0.05, 0) is 12.5 Å². The van der Waals surface area contributed by atoms with Gasteiger partial charge in [0, 0.05) is 5.41 Å². The highest BCUT2D eigenvalue weighted by Gasteiger charge is 2.25. The summed E-state index contributed by atoms with van der Waals surface area (Å²) < 4.78 is 22.2. The molecule has 0 saturated heterocycles. The van der Waals surface area contributed by atoms with Crippen LogP contribution in [0.3, 0.4) is 0 Å². The summed E-state index contributed by atoms with van der Waals surface area (Å²) in [6.45, 7) is 5.74. The van der Waals surface area contributed by atoms with Crippen molar-refractivity contribution in [2.75, 3.05) is 5.75 Å². The lowest BCUT2D eigenvalue weighted by Gasteiger charge is -2.24. The number of sulfonamides is 1. The van der Waals surface area contributed by atoms with Gasteiger partial charge in [-0.1, -0.05) is 43.7 Å². The zero-order chi connectivity index (χ0) is 11.7. The first-order valence-corrected chi connectivity index (χ1v) is 6.50. The molecule has 0 bridgehead atoms. The average molecular weight is 227 g/mol. The normalized spacial score (nSPS) is 12.8. The highest BCUT2D eigenvalue weighted by atomic mass is 32.2. The molecule has 0 unspecified atom stereocenters. The van der Waals surface area contributed by atoms with Crippen molar-refractivity contribution in [3.63, 3.8) is 0 Å².